The molecule has 0 saturated heterocycles. The van der Waals surface area contributed by atoms with Crippen molar-refractivity contribution in [2.45, 2.75) is 13.8 Å². The maximum absolute atomic E-state index is 5.42. The molecule has 0 fully saturated rings. The molecule has 0 aliphatic heterocycles. The summed E-state index contributed by atoms with van der Waals surface area (Å²) < 4.78 is 10.8. The third-order valence-electron chi connectivity index (χ3n) is 2.85. The molecule has 0 aliphatic rings. The molecule has 0 N–H and O–H groups in total. The van der Waals surface area contributed by atoms with Crippen LogP contribution >= 0.6 is 0 Å². The molecule has 2 aromatic carbocycles. The number of benzene rings is 2. The van der Waals surface area contributed by atoms with Gasteiger partial charge >= 0.3 is 0 Å². The quantitative estimate of drug-likeness (QED) is 0.710. The summed E-state index contributed by atoms with van der Waals surface area (Å²) in [5, 5.41) is 0. The van der Waals surface area contributed by atoms with Crippen molar-refractivity contribution in [1.29, 1.82) is 0 Å². The van der Waals surface area contributed by atoms with Crippen molar-refractivity contribution in [2.24, 2.45) is 0 Å². The molecule has 2 heteroatoms. The van der Waals surface area contributed by atoms with E-state index in [4.69, 9.17) is 9.47 Å². The Morgan fingerprint density at radius 1 is 0.650 bits per heavy atom. The fourth-order valence-electron chi connectivity index (χ4n) is 1.88. The molecule has 0 amide bonds. The summed E-state index contributed by atoms with van der Waals surface area (Å²) >= 11 is 0. The first-order valence-corrected chi connectivity index (χ1v) is 6.95. The van der Waals surface area contributed by atoms with E-state index in [1.54, 1.807) is 0 Å². The number of hydrogen-bond acceptors (Lipinski definition) is 2. The topological polar surface area (TPSA) is 18.5 Å². The van der Waals surface area contributed by atoms with E-state index >= 15 is 0 Å². The van der Waals surface area contributed by atoms with Crippen LogP contribution in [-0.2, 0) is 0 Å². The maximum atomic E-state index is 5.42. The predicted octanol–water partition coefficient (Wildman–Crippen LogP) is 4.65. The molecule has 0 spiro atoms. The van der Waals surface area contributed by atoms with Crippen LogP contribution in [0.1, 0.15) is 25.0 Å². The van der Waals surface area contributed by atoms with Crippen molar-refractivity contribution in [3.05, 3.63) is 59.7 Å². The fourth-order valence-corrected chi connectivity index (χ4v) is 1.88. The summed E-state index contributed by atoms with van der Waals surface area (Å²) in [6.45, 7) is 5.36. The van der Waals surface area contributed by atoms with Crippen LogP contribution in [0, 0.1) is 0 Å². The van der Waals surface area contributed by atoms with Crippen molar-refractivity contribution in [2.75, 3.05) is 13.2 Å². The van der Waals surface area contributed by atoms with Crippen LogP contribution in [0.3, 0.4) is 0 Å². The van der Waals surface area contributed by atoms with Crippen molar-refractivity contribution in [3.63, 3.8) is 0 Å². The third kappa shape index (κ3) is 4.16. The summed E-state index contributed by atoms with van der Waals surface area (Å²) in [5.41, 5.74) is 2.31. The van der Waals surface area contributed by atoms with Gasteiger partial charge in [0.25, 0.3) is 0 Å². The predicted molar refractivity (Wildman–Crippen MR) is 84.2 cm³/mol. The minimum atomic E-state index is 0.696. The molecule has 0 unspecified atom stereocenters. The van der Waals surface area contributed by atoms with E-state index in [1.165, 1.54) is 0 Å². The highest BCUT2D eigenvalue weighted by molar-refractivity contribution is 5.70. The molecule has 0 heterocycles. The molecular weight excluding hydrogens is 248 g/mol. The summed E-state index contributed by atoms with van der Waals surface area (Å²) in [5.74, 6) is 1.82. The van der Waals surface area contributed by atoms with Gasteiger partial charge < -0.3 is 9.47 Å². The second-order valence-electron chi connectivity index (χ2n) is 4.34. The minimum absolute atomic E-state index is 0.696. The van der Waals surface area contributed by atoms with Gasteiger partial charge in [-0.15, -0.1) is 0 Å². The van der Waals surface area contributed by atoms with Gasteiger partial charge in [0, 0.05) is 0 Å². The first kappa shape index (κ1) is 14.2. The monoisotopic (exact) mass is 268 g/mol. The van der Waals surface area contributed by atoms with Crippen LogP contribution < -0.4 is 9.47 Å². The Morgan fingerprint density at radius 3 is 1.30 bits per heavy atom. The van der Waals surface area contributed by atoms with Crippen molar-refractivity contribution in [3.8, 4) is 11.5 Å². The van der Waals surface area contributed by atoms with Gasteiger partial charge in [-0.05, 0) is 49.2 Å². The highest BCUT2D eigenvalue weighted by atomic mass is 16.5. The van der Waals surface area contributed by atoms with Crippen LogP contribution in [0.25, 0.3) is 12.2 Å². The standard InChI is InChI=1S/C18H20O2/c1-3-19-17-11-7-15(8-12-17)5-6-16-9-13-18(14-10-16)20-4-2/h5-14H,3-4H2,1-2H3. The molecule has 0 saturated carbocycles. The number of hydrogen-bond donors (Lipinski definition) is 0. The van der Waals surface area contributed by atoms with E-state index in [1.807, 2.05) is 38.1 Å². The Bertz CT molecular complexity index is 487. The molecule has 0 bridgehead atoms. The zero-order valence-electron chi connectivity index (χ0n) is 12.0. The molecular formula is C18H20O2. The van der Waals surface area contributed by atoms with E-state index in [0.29, 0.717) is 13.2 Å². The highest BCUT2D eigenvalue weighted by Crippen LogP contribution is 2.16. The SMILES string of the molecule is CCOc1ccc(C=Cc2ccc(OCC)cc2)cc1. The summed E-state index contributed by atoms with van der Waals surface area (Å²) in [7, 11) is 0. The van der Waals surface area contributed by atoms with Crippen LogP contribution in [0.5, 0.6) is 11.5 Å². The molecule has 2 rings (SSSR count). The summed E-state index contributed by atoms with van der Waals surface area (Å²) in [6, 6.07) is 16.2. The van der Waals surface area contributed by atoms with Gasteiger partial charge in [-0.25, -0.2) is 0 Å². The lowest BCUT2D eigenvalue weighted by atomic mass is 10.1. The zero-order valence-corrected chi connectivity index (χ0v) is 12.0. The van der Waals surface area contributed by atoms with Gasteiger partial charge in [0.15, 0.2) is 0 Å². The lowest BCUT2D eigenvalue weighted by molar-refractivity contribution is 0.340. The van der Waals surface area contributed by atoms with Gasteiger partial charge in [0.05, 0.1) is 13.2 Å². The second kappa shape index (κ2) is 7.39. The van der Waals surface area contributed by atoms with E-state index < -0.39 is 0 Å². The van der Waals surface area contributed by atoms with Crippen LogP contribution in [0.4, 0.5) is 0 Å². The molecule has 2 nitrogen and oxygen atoms in total. The lowest BCUT2D eigenvalue weighted by Gasteiger charge is -2.03. The number of ether oxygens (including phenoxy) is 2. The molecule has 0 atom stereocenters. The fraction of sp³-hybridized carbons (Fsp3) is 0.222. The summed E-state index contributed by atoms with van der Waals surface area (Å²) in [4.78, 5) is 0. The van der Waals surface area contributed by atoms with Gasteiger partial charge in [-0.2, -0.15) is 0 Å². The van der Waals surface area contributed by atoms with E-state index in [-0.39, 0.29) is 0 Å². The zero-order chi connectivity index (χ0) is 14.2. The van der Waals surface area contributed by atoms with Crippen LogP contribution in [0.2, 0.25) is 0 Å². The molecule has 0 aliphatic carbocycles. The van der Waals surface area contributed by atoms with Gasteiger partial charge in [-0.1, -0.05) is 36.4 Å². The van der Waals surface area contributed by atoms with Gasteiger partial charge in [0.1, 0.15) is 11.5 Å². The average molecular weight is 268 g/mol. The second-order valence-corrected chi connectivity index (χ2v) is 4.34. The Morgan fingerprint density at radius 2 is 1.00 bits per heavy atom. The molecule has 104 valence electrons. The molecule has 20 heavy (non-hydrogen) atoms. The van der Waals surface area contributed by atoms with E-state index in [2.05, 4.69) is 36.4 Å². The van der Waals surface area contributed by atoms with E-state index in [9.17, 15) is 0 Å². The first-order valence-electron chi connectivity index (χ1n) is 6.95. The largest absolute Gasteiger partial charge is 0.494 e. The number of rotatable bonds is 6. The maximum Gasteiger partial charge on any atom is 0.119 e. The lowest BCUT2D eigenvalue weighted by Crippen LogP contribution is -1.90. The normalized spacial score (nSPS) is 10.7. The smallest absolute Gasteiger partial charge is 0.119 e. The molecule has 0 aromatic heterocycles. The van der Waals surface area contributed by atoms with Crippen molar-refractivity contribution >= 4 is 12.2 Å². The molecule has 2 aromatic rings. The first-order chi connectivity index (χ1) is 9.81. The van der Waals surface area contributed by atoms with Gasteiger partial charge in [0.2, 0.25) is 0 Å². The Labute approximate surface area is 120 Å². The highest BCUT2D eigenvalue weighted by Gasteiger charge is 1.93. The van der Waals surface area contributed by atoms with Gasteiger partial charge in [-0.3, -0.25) is 0 Å². The average Bonchev–Trinajstić information content (AvgIpc) is 2.49. The van der Waals surface area contributed by atoms with Crippen molar-refractivity contribution in [1.82, 2.24) is 0 Å². The van der Waals surface area contributed by atoms with Crippen LogP contribution in [0.15, 0.2) is 48.5 Å². The van der Waals surface area contributed by atoms with Crippen molar-refractivity contribution < 1.29 is 9.47 Å². The third-order valence-corrected chi connectivity index (χ3v) is 2.85. The Hall–Kier alpha value is -2.22. The molecule has 0 radical (unpaired) electrons. The minimum Gasteiger partial charge on any atom is -0.494 e. The van der Waals surface area contributed by atoms with E-state index in [0.717, 1.165) is 22.6 Å². The Kier molecular flexibility index (Phi) is 5.24. The summed E-state index contributed by atoms with van der Waals surface area (Å²) in [6.07, 6.45) is 4.18. The van der Waals surface area contributed by atoms with Crippen LogP contribution in [-0.4, -0.2) is 13.2 Å². The Balaban J connectivity index is 2.01.